The van der Waals surface area contributed by atoms with Crippen molar-refractivity contribution in [2.45, 2.75) is 11.3 Å². The molecule has 1 heterocycles. The number of amides is 1. The minimum Gasteiger partial charge on any atom is -0.478 e. The SMILES string of the molecule is CN(C)CCNC(=O)C1(c2nc(-c3ccc(Cl)c(Cl)c3)cs2)C=CC(c2ccccc2)C(C(=O)O)=C1. The first kappa shape index (κ1) is 26.1. The molecule has 0 bridgehead atoms. The highest BCUT2D eigenvalue weighted by atomic mass is 35.5. The molecule has 36 heavy (non-hydrogen) atoms. The summed E-state index contributed by atoms with van der Waals surface area (Å²) in [7, 11) is 3.83. The molecule has 1 aromatic heterocycles. The molecule has 2 unspecified atom stereocenters. The summed E-state index contributed by atoms with van der Waals surface area (Å²) in [5.41, 5.74) is 0.958. The van der Waals surface area contributed by atoms with Crippen molar-refractivity contribution in [1.82, 2.24) is 15.2 Å². The number of thiazole rings is 1. The highest BCUT2D eigenvalue weighted by Gasteiger charge is 2.43. The predicted octanol–water partition coefficient (Wildman–Crippen LogP) is 5.40. The highest BCUT2D eigenvalue weighted by Crippen LogP contribution is 2.42. The van der Waals surface area contributed by atoms with E-state index in [1.165, 1.54) is 17.4 Å². The maximum atomic E-state index is 13.7. The molecule has 2 atom stereocenters. The molecule has 0 radical (unpaired) electrons. The van der Waals surface area contributed by atoms with Crippen LogP contribution < -0.4 is 5.32 Å². The Morgan fingerprint density at radius 2 is 1.89 bits per heavy atom. The molecule has 1 amide bonds. The Balaban J connectivity index is 1.79. The molecule has 0 saturated carbocycles. The number of likely N-dealkylation sites (N-methyl/N-ethyl adjacent to an activating group) is 1. The van der Waals surface area contributed by atoms with Gasteiger partial charge in [0.1, 0.15) is 10.4 Å². The van der Waals surface area contributed by atoms with Gasteiger partial charge in [0, 0.05) is 35.5 Å². The smallest absolute Gasteiger partial charge is 0.332 e. The number of halogens is 2. The Bertz CT molecular complexity index is 1340. The molecule has 1 aliphatic rings. The van der Waals surface area contributed by atoms with Crippen molar-refractivity contribution in [1.29, 1.82) is 0 Å². The molecule has 6 nitrogen and oxygen atoms in total. The van der Waals surface area contributed by atoms with E-state index in [0.29, 0.717) is 33.8 Å². The maximum absolute atomic E-state index is 13.7. The van der Waals surface area contributed by atoms with Crippen LogP contribution in [0.5, 0.6) is 0 Å². The average molecular weight is 542 g/mol. The Morgan fingerprint density at radius 1 is 1.14 bits per heavy atom. The van der Waals surface area contributed by atoms with E-state index in [1.807, 2.05) is 54.7 Å². The summed E-state index contributed by atoms with van der Waals surface area (Å²) in [5, 5.41) is 16.2. The van der Waals surface area contributed by atoms with E-state index < -0.39 is 17.3 Å². The van der Waals surface area contributed by atoms with E-state index >= 15 is 0 Å². The van der Waals surface area contributed by atoms with E-state index in [0.717, 1.165) is 11.1 Å². The number of rotatable bonds is 8. The van der Waals surface area contributed by atoms with Gasteiger partial charge in [-0.2, -0.15) is 0 Å². The van der Waals surface area contributed by atoms with Gasteiger partial charge < -0.3 is 15.3 Å². The third kappa shape index (κ3) is 5.39. The molecule has 186 valence electrons. The molecular weight excluding hydrogens is 517 g/mol. The lowest BCUT2D eigenvalue weighted by atomic mass is 9.75. The molecule has 9 heteroatoms. The quantitative estimate of drug-likeness (QED) is 0.373. The van der Waals surface area contributed by atoms with E-state index in [1.54, 1.807) is 30.4 Å². The van der Waals surface area contributed by atoms with Gasteiger partial charge in [-0.25, -0.2) is 9.78 Å². The Kier molecular flexibility index (Phi) is 7.95. The number of hydrogen-bond donors (Lipinski definition) is 2. The van der Waals surface area contributed by atoms with Crippen LogP contribution in [0.25, 0.3) is 11.3 Å². The van der Waals surface area contributed by atoms with Crippen LogP contribution >= 0.6 is 34.5 Å². The minimum absolute atomic E-state index is 0.123. The van der Waals surface area contributed by atoms with Crippen molar-refractivity contribution in [2.75, 3.05) is 27.2 Å². The third-order valence-electron chi connectivity index (χ3n) is 5.97. The number of hydrogen-bond acceptors (Lipinski definition) is 5. The van der Waals surface area contributed by atoms with E-state index in [2.05, 4.69) is 5.32 Å². The number of carboxylic acid groups (broad SMARTS) is 1. The fourth-order valence-corrected chi connectivity index (χ4v) is 5.32. The van der Waals surface area contributed by atoms with Crippen molar-refractivity contribution in [2.24, 2.45) is 0 Å². The molecule has 2 aromatic carbocycles. The van der Waals surface area contributed by atoms with Gasteiger partial charge in [-0.3, -0.25) is 4.79 Å². The van der Waals surface area contributed by atoms with E-state index in [4.69, 9.17) is 28.2 Å². The van der Waals surface area contributed by atoms with Crippen molar-refractivity contribution < 1.29 is 14.7 Å². The first-order valence-electron chi connectivity index (χ1n) is 11.3. The summed E-state index contributed by atoms with van der Waals surface area (Å²) in [6, 6.07) is 14.6. The Labute approximate surface area is 223 Å². The second kappa shape index (κ2) is 11.0. The van der Waals surface area contributed by atoms with Gasteiger partial charge in [-0.1, -0.05) is 71.8 Å². The van der Waals surface area contributed by atoms with Gasteiger partial charge in [0.15, 0.2) is 0 Å². The van der Waals surface area contributed by atoms with Gasteiger partial charge in [0.2, 0.25) is 5.91 Å². The lowest BCUT2D eigenvalue weighted by Crippen LogP contribution is -2.45. The van der Waals surface area contributed by atoms with Crippen molar-refractivity contribution in [3.63, 3.8) is 0 Å². The molecule has 2 N–H and O–H groups in total. The van der Waals surface area contributed by atoms with Crippen LogP contribution in [0.4, 0.5) is 0 Å². The second-order valence-electron chi connectivity index (χ2n) is 8.75. The van der Waals surface area contributed by atoms with Gasteiger partial charge in [-0.15, -0.1) is 11.3 Å². The van der Waals surface area contributed by atoms with Crippen LogP contribution in [0.1, 0.15) is 16.5 Å². The van der Waals surface area contributed by atoms with Gasteiger partial charge in [-0.05, 0) is 37.9 Å². The normalized spacial score (nSPS) is 19.2. The van der Waals surface area contributed by atoms with Crippen molar-refractivity contribution >= 4 is 46.4 Å². The number of carboxylic acids is 1. The standard InChI is InChI=1S/C27H25Cl2N3O3S/c1-32(2)13-12-30-25(35)27(26-31-23(16-36-26)18-8-9-21(28)22(29)14-18)11-10-19(20(15-27)24(33)34)17-6-4-3-5-7-17/h3-11,14-16,19H,12-13H2,1-2H3,(H,30,35)(H,33,34). The first-order chi connectivity index (χ1) is 17.2. The minimum atomic E-state index is -1.37. The summed E-state index contributed by atoms with van der Waals surface area (Å²) >= 11 is 13.5. The molecule has 1 aliphatic carbocycles. The van der Waals surface area contributed by atoms with E-state index in [9.17, 15) is 14.7 Å². The van der Waals surface area contributed by atoms with Crippen LogP contribution in [-0.2, 0) is 15.0 Å². The summed E-state index contributed by atoms with van der Waals surface area (Å²) in [6.07, 6.45) is 5.08. The summed E-state index contributed by atoms with van der Waals surface area (Å²) in [6.45, 7) is 1.05. The van der Waals surface area contributed by atoms with Crippen LogP contribution in [0.3, 0.4) is 0 Å². The summed E-state index contributed by atoms with van der Waals surface area (Å²) in [5.74, 6) is -1.90. The van der Waals surface area contributed by atoms with Gasteiger partial charge in [0.25, 0.3) is 0 Å². The number of benzene rings is 2. The fourth-order valence-electron chi connectivity index (χ4n) is 4.04. The van der Waals surface area contributed by atoms with Crippen LogP contribution in [-0.4, -0.2) is 54.1 Å². The maximum Gasteiger partial charge on any atom is 0.332 e. The first-order valence-corrected chi connectivity index (χ1v) is 12.9. The zero-order valence-corrected chi connectivity index (χ0v) is 22.1. The molecule has 0 saturated heterocycles. The van der Waals surface area contributed by atoms with Crippen LogP contribution in [0.15, 0.2) is 77.7 Å². The number of allylic oxidation sites excluding steroid dienone is 1. The molecule has 0 aliphatic heterocycles. The molecular formula is C27H25Cl2N3O3S. The number of carbonyl (C=O) groups is 2. The summed E-state index contributed by atoms with van der Waals surface area (Å²) in [4.78, 5) is 32.8. The zero-order valence-electron chi connectivity index (χ0n) is 19.7. The lowest BCUT2D eigenvalue weighted by molar-refractivity contribution is -0.132. The molecule has 3 aromatic rings. The largest absolute Gasteiger partial charge is 0.478 e. The third-order valence-corrected chi connectivity index (χ3v) is 7.70. The number of aromatic nitrogens is 1. The van der Waals surface area contributed by atoms with E-state index in [-0.39, 0.29) is 11.5 Å². The van der Waals surface area contributed by atoms with Crippen molar-refractivity contribution in [3.8, 4) is 11.3 Å². The number of nitrogens with zero attached hydrogens (tertiary/aromatic N) is 2. The average Bonchev–Trinajstić information content (AvgIpc) is 3.36. The van der Waals surface area contributed by atoms with Crippen LogP contribution in [0.2, 0.25) is 10.0 Å². The zero-order chi connectivity index (χ0) is 25.9. The topological polar surface area (TPSA) is 82.5 Å². The van der Waals surface area contributed by atoms with Crippen LogP contribution in [0, 0.1) is 0 Å². The van der Waals surface area contributed by atoms with Gasteiger partial charge in [0.05, 0.1) is 15.7 Å². The number of aliphatic carboxylic acids is 1. The lowest BCUT2D eigenvalue weighted by Gasteiger charge is -2.31. The Morgan fingerprint density at radius 3 is 2.56 bits per heavy atom. The van der Waals surface area contributed by atoms with Crippen molar-refractivity contribution in [3.05, 3.63) is 98.3 Å². The predicted molar refractivity (Wildman–Crippen MR) is 145 cm³/mol. The monoisotopic (exact) mass is 541 g/mol. The summed E-state index contributed by atoms with van der Waals surface area (Å²) < 4.78 is 0. The molecule has 0 spiro atoms. The molecule has 0 fully saturated rings. The number of carbonyl (C=O) groups excluding carboxylic acids is 1. The second-order valence-corrected chi connectivity index (χ2v) is 10.4. The fraction of sp³-hybridized carbons (Fsp3) is 0.222. The Hall–Kier alpha value is -2.97. The number of nitrogens with one attached hydrogen (secondary N) is 1. The molecule has 4 rings (SSSR count). The van der Waals surface area contributed by atoms with Gasteiger partial charge >= 0.3 is 5.97 Å². The highest BCUT2D eigenvalue weighted by molar-refractivity contribution is 7.10.